The smallest absolute Gasteiger partial charge is 0.252 e. The molecule has 0 bridgehead atoms. The Kier molecular flexibility index (Phi) is 10.9. The third-order valence-corrected chi connectivity index (χ3v) is 17.8. The highest BCUT2D eigenvalue weighted by atomic mass is 15.2. The Labute approximate surface area is 485 Å². The first-order chi connectivity index (χ1) is 41.2. The van der Waals surface area contributed by atoms with Gasteiger partial charge in [-0.1, -0.05) is 170 Å². The quantitative estimate of drug-likeness (QED) is 0.133. The summed E-state index contributed by atoms with van der Waals surface area (Å²) in [6, 6.07) is 108. The molecule has 0 aliphatic carbocycles. The topological polar surface area (TPSA) is 19.4 Å². The van der Waals surface area contributed by atoms with Gasteiger partial charge in [-0.05, 0) is 173 Å². The van der Waals surface area contributed by atoms with Crippen LogP contribution in [0.5, 0.6) is 0 Å². The van der Waals surface area contributed by atoms with Gasteiger partial charge in [0.15, 0.2) is 0 Å². The van der Waals surface area contributed by atoms with Gasteiger partial charge in [-0.15, -0.1) is 0 Å². The normalized spacial score (nSPS) is 13.7. The number of para-hydroxylation sites is 9. The van der Waals surface area contributed by atoms with Gasteiger partial charge in [-0.3, -0.25) is 0 Å². The fourth-order valence-corrected chi connectivity index (χ4v) is 14.6. The molecule has 0 unspecified atom stereocenters. The zero-order valence-corrected chi connectivity index (χ0v) is 45.7. The Balaban J connectivity index is 0.983. The van der Waals surface area contributed by atoms with Crippen molar-refractivity contribution in [3.63, 3.8) is 0 Å². The van der Waals surface area contributed by atoms with Crippen LogP contribution < -0.4 is 62.2 Å². The second-order valence-electron chi connectivity index (χ2n) is 22.3. The van der Waals surface area contributed by atoms with Crippen LogP contribution in [0.15, 0.2) is 291 Å². The predicted octanol–water partition coefficient (Wildman–Crippen LogP) is 15.4. The van der Waals surface area contributed by atoms with Crippen molar-refractivity contribution in [1.82, 2.24) is 0 Å². The maximum Gasteiger partial charge on any atom is 0.252 e. The highest BCUT2D eigenvalue weighted by Gasteiger charge is 2.50. The third kappa shape index (κ3) is 7.32. The van der Waals surface area contributed by atoms with Crippen molar-refractivity contribution in [1.29, 1.82) is 0 Å². The predicted molar refractivity (Wildman–Crippen MR) is 351 cm³/mol. The highest BCUT2D eigenvalue weighted by Crippen LogP contribution is 2.53. The third-order valence-electron chi connectivity index (χ3n) is 17.8. The number of hydrogen-bond donors (Lipinski definition) is 0. The lowest BCUT2D eigenvalue weighted by molar-refractivity contribution is 0.769. The molecular weight excluding hydrogens is 1010 g/mol. The van der Waals surface area contributed by atoms with Gasteiger partial charge in [0.1, 0.15) is 0 Å². The van der Waals surface area contributed by atoms with Crippen LogP contribution in [0.2, 0.25) is 0 Å². The number of hydrogen-bond acceptors (Lipinski definition) is 6. The molecule has 0 spiro atoms. The molecule has 5 aliphatic rings. The van der Waals surface area contributed by atoms with E-state index in [-0.39, 0.29) is 13.4 Å². The Morgan fingerprint density at radius 1 is 0.277 bits per heavy atom. The summed E-state index contributed by atoms with van der Waals surface area (Å²) in [6.07, 6.45) is 1.93. The van der Waals surface area contributed by atoms with Gasteiger partial charge in [0.25, 0.3) is 13.4 Å². The molecule has 0 radical (unpaired) electrons. The summed E-state index contributed by atoms with van der Waals surface area (Å²) < 4.78 is 0. The molecule has 0 saturated carbocycles. The van der Waals surface area contributed by atoms with Crippen molar-refractivity contribution in [2.24, 2.45) is 0 Å². The van der Waals surface area contributed by atoms with E-state index in [4.69, 9.17) is 0 Å². The lowest BCUT2D eigenvalue weighted by Gasteiger charge is -2.50. The van der Waals surface area contributed by atoms with Crippen LogP contribution in [-0.2, 0) is 6.42 Å². The van der Waals surface area contributed by atoms with E-state index >= 15 is 0 Å². The maximum absolute atomic E-state index is 2.73. The summed E-state index contributed by atoms with van der Waals surface area (Å²) in [4.78, 5) is 15.3. The van der Waals surface area contributed by atoms with Crippen LogP contribution in [0.1, 0.15) is 12.0 Å². The summed E-state index contributed by atoms with van der Waals surface area (Å²) in [7, 11) is 0. The molecule has 0 amide bonds. The van der Waals surface area contributed by atoms with E-state index in [1.807, 2.05) is 0 Å². The number of nitrogens with zero attached hydrogens (tertiary/aromatic N) is 6. The fraction of sp³-hybridized carbons (Fsp3) is 0.0400. The van der Waals surface area contributed by atoms with E-state index in [1.54, 1.807) is 0 Å². The number of rotatable bonds is 9. The zero-order valence-electron chi connectivity index (χ0n) is 45.7. The fourth-order valence-electron chi connectivity index (χ4n) is 14.6. The number of fused-ring (bicyclic) bond motifs is 9. The first-order valence-corrected chi connectivity index (χ1v) is 29.1. The van der Waals surface area contributed by atoms with E-state index in [0.717, 1.165) is 70.6 Å². The maximum atomic E-state index is 2.73. The Morgan fingerprint density at radius 2 is 0.614 bits per heavy atom. The van der Waals surface area contributed by atoms with Crippen molar-refractivity contribution in [2.75, 3.05) is 35.9 Å². The molecule has 12 aromatic rings. The zero-order chi connectivity index (χ0) is 54.5. The number of anilines is 17. The molecule has 0 atom stereocenters. The summed E-state index contributed by atoms with van der Waals surface area (Å²) in [5.41, 5.74) is 29.3. The summed E-state index contributed by atoms with van der Waals surface area (Å²) in [6.45, 7) is 0.744. The van der Waals surface area contributed by atoms with Crippen LogP contribution >= 0.6 is 0 Å². The van der Waals surface area contributed by atoms with E-state index in [9.17, 15) is 0 Å². The molecular formula is C75H54B2N6. The van der Waals surface area contributed by atoms with Gasteiger partial charge in [-0.25, -0.2) is 0 Å². The van der Waals surface area contributed by atoms with Crippen LogP contribution in [0, 0.1) is 0 Å². The van der Waals surface area contributed by atoms with Crippen LogP contribution in [0.4, 0.5) is 96.7 Å². The summed E-state index contributed by atoms with van der Waals surface area (Å²) in [5.74, 6) is 0. The van der Waals surface area contributed by atoms with Gasteiger partial charge < -0.3 is 29.4 Å². The van der Waals surface area contributed by atoms with Crippen LogP contribution in [-0.4, -0.2) is 20.0 Å². The SMILES string of the molecule is c1ccc(N(c2ccccc2)c2cc3c4c(c2)N(c2ccccc2)c2ccccc2B4c2cc4c(c5c2N3CCC5)N(c2ccccc2)c2cc(N(c3ccccc3)c3ccccc3)cc3c2B4c2ccccc2N3c2ccccc2)cc1. The second-order valence-corrected chi connectivity index (χ2v) is 22.3. The van der Waals surface area contributed by atoms with Crippen molar-refractivity contribution in [3.8, 4) is 0 Å². The molecule has 5 aliphatic heterocycles. The second kappa shape index (κ2) is 19.1. The Hall–Kier alpha value is -10.4. The average Bonchev–Trinajstić information content (AvgIpc) is 2.07. The first kappa shape index (κ1) is 47.4. The Morgan fingerprint density at radius 3 is 1.05 bits per heavy atom. The monoisotopic (exact) mass is 1060 g/mol. The lowest BCUT2D eigenvalue weighted by atomic mass is 9.30. The van der Waals surface area contributed by atoms with E-state index < -0.39 is 0 Å². The van der Waals surface area contributed by atoms with Crippen molar-refractivity contribution in [2.45, 2.75) is 12.8 Å². The molecule has 6 nitrogen and oxygen atoms in total. The molecule has 8 heteroatoms. The van der Waals surface area contributed by atoms with E-state index in [1.165, 1.54) is 83.8 Å². The molecule has 0 saturated heterocycles. The minimum Gasteiger partial charge on any atom is -0.342 e. The molecule has 12 aromatic carbocycles. The molecule has 0 N–H and O–H groups in total. The molecule has 17 rings (SSSR count). The number of benzene rings is 12. The first-order valence-electron chi connectivity index (χ1n) is 29.1. The standard InChI is InChI=1S/C75H54B2N6/c1-8-27-52(28-9-1)79(53-29-10-2-11-30-53)59-47-68-72-69(48-59)81(56-35-16-5-17-36-56)66-44-24-22-42-62(66)76(72)64-51-65-75(61-41-26-46-78(68)74(61)64)83(58-39-20-7-21-40-58)71-50-60(80(54-31-12-3-13-32-54)55-33-14-4-15-34-55)49-70-73(71)77(65)63-43-23-25-45-67(63)82(70)57-37-18-6-19-38-57/h1-25,27-40,42-45,47-51H,26,41,46H2. The average molecular weight is 1060 g/mol. The van der Waals surface area contributed by atoms with E-state index in [2.05, 4.69) is 321 Å². The Bertz CT molecular complexity index is 4380. The molecule has 5 heterocycles. The van der Waals surface area contributed by atoms with E-state index in [0.29, 0.717) is 0 Å². The van der Waals surface area contributed by atoms with Gasteiger partial charge >= 0.3 is 0 Å². The molecule has 0 aromatic heterocycles. The highest BCUT2D eigenvalue weighted by molar-refractivity contribution is 7.03. The van der Waals surface area contributed by atoms with Crippen molar-refractivity contribution < 1.29 is 0 Å². The molecule has 390 valence electrons. The molecule has 0 fully saturated rings. The van der Waals surface area contributed by atoms with Crippen LogP contribution in [0.3, 0.4) is 0 Å². The summed E-state index contributed by atoms with van der Waals surface area (Å²) in [5, 5.41) is 0. The van der Waals surface area contributed by atoms with Crippen LogP contribution in [0.25, 0.3) is 0 Å². The van der Waals surface area contributed by atoms with Gasteiger partial charge in [0, 0.05) is 91.9 Å². The van der Waals surface area contributed by atoms with Gasteiger partial charge in [0.2, 0.25) is 0 Å². The minimum atomic E-state index is -0.0906. The summed E-state index contributed by atoms with van der Waals surface area (Å²) >= 11 is 0. The lowest BCUT2D eigenvalue weighted by Crippen LogP contribution is -2.66. The van der Waals surface area contributed by atoms with Crippen molar-refractivity contribution >= 4 is 143 Å². The molecule has 83 heavy (non-hydrogen) atoms. The van der Waals surface area contributed by atoms with Gasteiger partial charge in [-0.2, -0.15) is 0 Å². The minimum absolute atomic E-state index is 0.0566. The largest absolute Gasteiger partial charge is 0.342 e. The van der Waals surface area contributed by atoms with Crippen molar-refractivity contribution in [3.05, 3.63) is 297 Å². The van der Waals surface area contributed by atoms with Gasteiger partial charge in [0.05, 0.1) is 11.4 Å².